The van der Waals surface area contributed by atoms with Crippen molar-refractivity contribution in [3.8, 4) is 0 Å². The molecule has 2 aromatic rings. The molecule has 222 valence electrons. The number of nitrogens with two attached hydrogens (primary N) is 1. The van der Waals surface area contributed by atoms with E-state index in [0.717, 1.165) is 5.56 Å². The number of carbonyl (C=O) groups is 5. The van der Waals surface area contributed by atoms with Crippen molar-refractivity contribution in [2.24, 2.45) is 5.73 Å². The highest BCUT2D eigenvalue weighted by atomic mass is 32.2. The van der Waals surface area contributed by atoms with Crippen LogP contribution in [0.3, 0.4) is 0 Å². The smallest absolute Gasteiger partial charge is 0.328 e. The molecule has 0 aliphatic heterocycles. The molecule has 0 aromatic heterocycles. The van der Waals surface area contributed by atoms with E-state index in [-0.39, 0.29) is 12.8 Å². The lowest BCUT2D eigenvalue weighted by atomic mass is 10.0. The zero-order valence-corrected chi connectivity index (χ0v) is 23.8. The molecule has 0 aliphatic carbocycles. The third kappa shape index (κ3) is 12.4. The molecule has 4 amide bonds. The highest BCUT2D eigenvalue weighted by Gasteiger charge is 2.27. The van der Waals surface area contributed by atoms with Crippen LogP contribution in [0, 0.1) is 5.82 Å². The zero-order chi connectivity index (χ0) is 30.2. The van der Waals surface area contributed by atoms with Gasteiger partial charge in [0.15, 0.2) is 0 Å². The average Bonchev–Trinajstić information content (AvgIpc) is 2.97. The van der Waals surface area contributed by atoms with Gasteiger partial charge >= 0.3 is 5.97 Å². The minimum Gasteiger partial charge on any atom is -0.467 e. The Morgan fingerprint density at radius 1 is 0.829 bits per heavy atom. The van der Waals surface area contributed by atoms with Crippen LogP contribution in [0.15, 0.2) is 54.6 Å². The van der Waals surface area contributed by atoms with Crippen LogP contribution in [0.2, 0.25) is 0 Å². The van der Waals surface area contributed by atoms with Gasteiger partial charge in [-0.2, -0.15) is 11.8 Å². The number of rotatable bonds is 16. The quantitative estimate of drug-likeness (QED) is 0.171. The molecular weight excluding hydrogens is 553 g/mol. The summed E-state index contributed by atoms with van der Waals surface area (Å²) in [7, 11) is 1.23. The maximum Gasteiger partial charge on any atom is 0.328 e. The van der Waals surface area contributed by atoms with E-state index < -0.39 is 66.6 Å². The fourth-order valence-electron chi connectivity index (χ4n) is 3.71. The van der Waals surface area contributed by atoms with E-state index in [1.54, 1.807) is 24.3 Å². The largest absolute Gasteiger partial charge is 0.467 e. The van der Waals surface area contributed by atoms with E-state index in [2.05, 4.69) is 21.3 Å². The molecule has 11 nitrogen and oxygen atoms in total. The Bertz CT molecular complexity index is 1170. The number of thioether (sulfide) groups is 1. The van der Waals surface area contributed by atoms with Gasteiger partial charge in [0, 0.05) is 6.42 Å². The number of ether oxygens (including phenoxy) is 1. The average molecular weight is 590 g/mol. The first-order valence-corrected chi connectivity index (χ1v) is 14.3. The van der Waals surface area contributed by atoms with Crippen LogP contribution in [0.4, 0.5) is 4.39 Å². The van der Waals surface area contributed by atoms with Crippen molar-refractivity contribution < 1.29 is 33.1 Å². The predicted octanol–water partition coefficient (Wildman–Crippen LogP) is 0.0663. The van der Waals surface area contributed by atoms with Gasteiger partial charge in [-0.15, -0.1) is 0 Å². The molecule has 0 unspecified atom stereocenters. The van der Waals surface area contributed by atoms with Gasteiger partial charge in [0.2, 0.25) is 23.6 Å². The first-order chi connectivity index (χ1) is 19.6. The highest BCUT2D eigenvalue weighted by Crippen LogP contribution is 2.07. The SMILES string of the molecule is COC(=O)[C@H](CCSC)NC(=O)[C@H](Cc1ccccc1)NC(=O)CNC(=O)CNC(=O)[C@@H](N)Cc1ccc(F)cc1. The van der Waals surface area contributed by atoms with Gasteiger partial charge in [-0.3, -0.25) is 19.2 Å². The Balaban J connectivity index is 1.90. The number of nitrogens with one attached hydrogen (secondary N) is 4. The minimum absolute atomic E-state index is 0.144. The number of hydrogen-bond acceptors (Lipinski definition) is 8. The monoisotopic (exact) mass is 589 g/mol. The minimum atomic E-state index is -1.03. The van der Waals surface area contributed by atoms with Gasteiger partial charge in [-0.1, -0.05) is 42.5 Å². The van der Waals surface area contributed by atoms with Gasteiger partial charge in [-0.05, 0) is 48.1 Å². The number of carbonyl (C=O) groups excluding carboxylic acids is 5. The van der Waals surface area contributed by atoms with Gasteiger partial charge in [0.05, 0.1) is 26.2 Å². The first-order valence-electron chi connectivity index (χ1n) is 12.9. The summed E-state index contributed by atoms with van der Waals surface area (Å²) in [6.45, 7) is -0.880. The number of halogens is 1. The van der Waals surface area contributed by atoms with E-state index in [9.17, 15) is 28.4 Å². The number of hydrogen-bond donors (Lipinski definition) is 5. The molecule has 13 heteroatoms. The Morgan fingerprint density at radius 2 is 1.46 bits per heavy atom. The van der Waals surface area contributed by atoms with E-state index in [1.807, 2.05) is 12.3 Å². The van der Waals surface area contributed by atoms with E-state index in [1.165, 1.54) is 43.1 Å². The van der Waals surface area contributed by atoms with Crippen LogP contribution in [0.1, 0.15) is 17.5 Å². The lowest BCUT2D eigenvalue weighted by Gasteiger charge is -2.22. The van der Waals surface area contributed by atoms with Crippen molar-refractivity contribution in [3.63, 3.8) is 0 Å². The van der Waals surface area contributed by atoms with E-state index in [4.69, 9.17) is 10.5 Å². The van der Waals surface area contributed by atoms with Crippen molar-refractivity contribution in [2.45, 2.75) is 37.4 Å². The summed E-state index contributed by atoms with van der Waals surface area (Å²) in [6.07, 6.45) is 2.51. The molecule has 6 N–H and O–H groups in total. The van der Waals surface area contributed by atoms with Crippen molar-refractivity contribution in [1.82, 2.24) is 21.3 Å². The normalized spacial score (nSPS) is 12.8. The molecule has 0 heterocycles. The Morgan fingerprint density at radius 3 is 2.10 bits per heavy atom. The molecule has 41 heavy (non-hydrogen) atoms. The summed E-state index contributed by atoms with van der Waals surface area (Å²) in [6, 6.07) is 11.7. The maximum atomic E-state index is 13.1. The highest BCUT2D eigenvalue weighted by molar-refractivity contribution is 7.98. The van der Waals surface area contributed by atoms with Crippen molar-refractivity contribution in [1.29, 1.82) is 0 Å². The van der Waals surface area contributed by atoms with Crippen LogP contribution in [-0.2, 0) is 41.6 Å². The molecular formula is C28H36FN5O6S. The Labute approximate surface area is 242 Å². The van der Waals surface area contributed by atoms with Gasteiger partial charge in [-0.25, -0.2) is 9.18 Å². The van der Waals surface area contributed by atoms with Gasteiger partial charge in [0.1, 0.15) is 17.9 Å². The molecule has 0 saturated carbocycles. The van der Waals surface area contributed by atoms with Crippen molar-refractivity contribution in [2.75, 3.05) is 32.2 Å². The number of methoxy groups -OCH3 is 1. The van der Waals surface area contributed by atoms with Crippen LogP contribution >= 0.6 is 11.8 Å². The Kier molecular flexibility index (Phi) is 14.3. The van der Waals surface area contributed by atoms with Crippen LogP contribution in [0.25, 0.3) is 0 Å². The summed E-state index contributed by atoms with van der Waals surface area (Å²) in [4.78, 5) is 62.3. The fraction of sp³-hybridized carbons (Fsp3) is 0.393. The zero-order valence-electron chi connectivity index (χ0n) is 23.0. The lowest BCUT2D eigenvalue weighted by molar-refractivity contribution is -0.145. The van der Waals surface area contributed by atoms with E-state index in [0.29, 0.717) is 17.7 Å². The summed E-state index contributed by atoms with van der Waals surface area (Å²) in [5, 5.41) is 10.0. The number of benzene rings is 2. The molecule has 0 spiro atoms. The molecule has 3 atom stereocenters. The topological polar surface area (TPSA) is 169 Å². The standard InChI is InChI=1S/C28H36FN5O6S/c1-40-28(39)22(12-13-41-2)34-27(38)23(15-18-6-4-3-5-7-18)33-25(36)17-31-24(35)16-32-26(37)21(30)14-19-8-10-20(29)11-9-19/h3-11,21-23H,12-17,30H2,1-2H3,(H,31,35)(H,32,37)(H,33,36)(H,34,38)/t21-,22-,23-/m0/s1. The summed E-state index contributed by atoms with van der Waals surface area (Å²) in [5.74, 6) is -2.85. The van der Waals surface area contributed by atoms with Gasteiger partial charge in [0.25, 0.3) is 0 Å². The molecule has 0 fully saturated rings. The second-order valence-electron chi connectivity index (χ2n) is 9.11. The van der Waals surface area contributed by atoms with Gasteiger partial charge < -0.3 is 31.7 Å². The molecule has 0 radical (unpaired) electrons. The molecule has 2 rings (SSSR count). The fourth-order valence-corrected chi connectivity index (χ4v) is 4.18. The molecule has 0 aliphatic rings. The number of esters is 1. The maximum absolute atomic E-state index is 13.1. The van der Waals surface area contributed by atoms with Crippen LogP contribution in [0.5, 0.6) is 0 Å². The number of amides is 4. The molecule has 2 aromatic carbocycles. The first kappa shape index (κ1) is 33.2. The summed E-state index contributed by atoms with van der Waals surface area (Å²) in [5.41, 5.74) is 7.29. The Hall–Kier alpha value is -3.97. The third-order valence-corrected chi connectivity index (χ3v) is 6.57. The molecule has 0 saturated heterocycles. The van der Waals surface area contributed by atoms with Crippen LogP contribution < -0.4 is 27.0 Å². The second-order valence-corrected chi connectivity index (χ2v) is 10.1. The lowest BCUT2D eigenvalue weighted by Crippen LogP contribution is -2.54. The summed E-state index contributed by atoms with van der Waals surface area (Å²) < 4.78 is 17.8. The third-order valence-electron chi connectivity index (χ3n) is 5.92. The molecule has 0 bridgehead atoms. The van der Waals surface area contributed by atoms with Crippen molar-refractivity contribution >= 4 is 41.4 Å². The summed E-state index contributed by atoms with van der Waals surface area (Å²) >= 11 is 1.51. The van der Waals surface area contributed by atoms with Crippen LogP contribution in [-0.4, -0.2) is 79.9 Å². The van der Waals surface area contributed by atoms with Crippen molar-refractivity contribution in [3.05, 3.63) is 71.5 Å². The second kappa shape index (κ2) is 17.7. The predicted molar refractivity (Wildman–Crippen MR) is 153 cm³/mol. The van der Waals surface area contributed by atoms with E-state index >= 15 is 0 Å².